The number of carbonyl (C=O) groups is 1. The molecule has 1 fully saturated rings. The van der Waals surface area contributed by atoms with Crippen LogP contribution in [0.2, 0.25) is 0 Å². The summed E-state index contributed by atoms with van der Waals surface area (Å²) >= 11 is 0. The van der Waals surface area contributed by atoms with Crippen LogP contribution in [-0.2, 0) is 11.3 Å². The van der Waals surface area contributed by atoms with Crippen LogP contribution in [0, 0.1) is 0 Å². The highest BCUT2D eigenvalue weighted by molar-refractivity contribution is 5.93. The van der Waals surface area contributed by atoms with Crippen molar-refractivity contribution in [1.29, 1.82) is 0 Å². The molecule has 2 aromatic carbocycles. The van der Waals surface area contributed by atoms with E-state index in [0.717, 1.165) is 25.2 Å². The smallest absolute Gasteiger partial charge is 0.248 e. The van der Waals surface area contributed by atoms with Crippen molar-refractivity contribution < 1.29 is 9.53 Å². The third kappa shape index (κ3) is 3.46. The lowest BCUT2D eigenvalue weighted by Crippen LogP contribution is -2.23. The van der Waals surface area contributed by atoms with Crippen molar-refractivity contribution in [1.82, 2.24) is 0 Å². The van der Waals surface area contributed by atoms with Crippen LogP contribution in [0.25, 0.3) is 0 Å². The number of primary amides is 1. The van der Waals surface area contributed by atoms with E-state index in [0.29, 0.717) is 12.2 Å². The van der Waals surface area contributed by atoms with E-state index in [9.17, 15) is 4.79 Å². The molecule has 1 saturated heterocycles. The highest BCUT2D eigenvalue weighted by Gasteiger charge is 2.23. The lowest BCUT2D eigenvalue weighted by Gasteiger charge is -2.19. The Labute approximate surface area is 130 Å². The first kappa shape index (κ1) is 14.6. The lowest BCUT2D eigenvalue weighted by atomic mass is 10.2. The van der Waals surface area contributed by atoms with Gasteiger partial charge in [0.25, 0.3) is 0 Å². The Morgan fingerprint density at radius 2 is 1.86 bits per heavy atom. The Hall–Kier alpha value is -2.33. The number of ether oxygens (including phenoxy) is 1. The largest absolute Gasteiger partial charge is 0.372 e. The van der Waals surface area contributed by atoms with Gasteiger partial charge in [0, 0.05) is 24.3 Å². The van der Waals surface area contributed by atoms with Gasteiger partial charge in [0.05, 0.1) is 12.7 Å². The molecule has 0 bridgehead atoms. The molecule has 0 saturated carbocycles. The zero-order valence-corrected chi connectivity index (χ0v) is 12.4. The van der Waals surface area contributed by atoms with Crippen molar-refractivity contribution in [2.45, 2.75) is 19.1 Å². The maximum atomic E-state index is 11.1. The van der Waals surface area contributed by atoms with E-state index >= 15 is 0 Å². The standard InChI is InChI=1S/C18H20N2O2/c19-18(21)15-6-8-16(9-7-15)20-11-10-17(12-20)22-13-14-4-2-1-3-5-14/h1-9,17H,10-13H2,(H2,19,21)/t17-/m1/s1. The van der Waals surface area contributed by atoms with E-state index in [-0.39, 0.29) is 6.10 Å². The van der Waals surface area contributed by atoms with Crippen molar-refractivity contribution >= 4 is 11.6 Å². The van der Waals surface area contributed by atoms with Gasteiger partial charge in [0.15, 0.2) is 0 Å². The van der Waals surface area contributed by atoms with Gasteiger partial charge in [0.2, 0.25) is 5.91 Å². The number of carbonyl (C=O) groups excluding carboxylic acids is 1. The van der Waals surface area contributed by atoms with Gasteiger partial charge in [-0.3, -0.25) is 4.79 Å². The lowest BCUT2D eigenvalue weighted by molar-refractivity contribution is 0.0553. The van der Waals surface area contributed by atoms with Gasteiger partial charge < -0.3 is 15.4 Å². The van der Waals surface area contributed by atoms with Gasteiger partial charge in [-0.1, -0.05) is 30.3 Å². The summed E-state index contributed by atoms with van der Waals surface area (Å²) in [5.74, 6) is -0.392. The van der Waals surface area contributed by atoms with Crippen LogP contribution in [0.1, 0.15) is 22.3 Å². The summed E-state index contributed by atoms with van der Waals surface area (Å²) in [6.45, 7) is 2.50. The van der Waals surface area contributed by atoms with Crippen LogP contribution in [0.3, 0.4) is 0 Å². The van der Waals surface area contributed by atoms with Crippen LogP contribution >= 0.6 is 0 Å². The third-order valence-corrected chi connectivity index (χ3v) is 3.99. The summed E-state index contributed by atoms with van der Waals surface area (Å²) in [6, 6.07) is 17.7. The molecule has 0 aliphatic carbocycles. The van der Waals surface area contributed by atoms with E-state index in [1.807, 2.05) is 30.3 Å². The second kappa shape index (κ2) is 6.62. The van der Waals surface area contributed by atoms with E-state index in [1.165, 1.54) is 5.56 Å². The molecular weight excluding hydrogens is 276 g/mol. The van der Waals surface area contributed by atoms with Gasteiger partial charge in [-0.15, -0.1) is 0 Å². The molecule has 4 nitrogen and oxygen atoms in total. The Morgan fingerprint density at radius 3 is 2.55 bits per heavy atom. The molecule has 1 amide bonds. The fraction of sp³-hybridized carbons (Fsp3) is 0.278. The molecule has 2 N–H and O–H groups in total. The molecule has 114 valence electrons. The molecular formula is C18H20N2O2. The van der Waals surface area contributed by atoms with Gasteiger partial charge in [-0.25, -0.2) is 0 Å². The highest BCUT2D eigenvalue weighted by Crippen LogP contribution is 2.22. The van der Waals surface area contributed by atoms with Gasteiger partial charge in [0.1, 0.15) is 0 Å². The Morgan fingerprint density at radius 1 is 1.14 bits per heavy atom. The van der Waals surface area contributed by atoms with Crippen LogP contribution in [0.4, 0.5) is 5.69 Å². The molecule has 0 radical (unpaired) electrons. The molecule has 1 aliphatic heterocycles. The molecule has 3 rings (SSSR count). The van der Waals surface area contributed by atoms with Crippen LogP contribution in [0.5, 0.6) is 0 Å². The molecule has 0 spiro atoms. The van der Waals surface area contributed by atoms with Crippen molar-refractivity contribution in [3.05, 3.63) is 65.7 Å². The van der Waals surface area contributed by atoms with Crippen LogP contribution in [-0.4, -0.2) is 25.1 Å². The van der Waals surface area contributed by atoms with Crippen LogP contribution < -0.4 is 10.6 Å². The predicted octanol–water partition coefficient (Wildman–Crippen LogP) is 2.58. The number of nitrogens with two attached hydrogens (primary N) is 1. The highest BCUT2D eigenvalue weighted by atomic mass is 16.5. The first-order valence-electron chi connectivity index (χ1n) is 7.53. The number of nitrogens with zero attached hydrogens (tertiary/aromatic N) is 1. The number of rotatable bonds is 5. The van der Waals surface area contributed by atoms with Gasteiger partial charge in [-0.05, 0) is 36.2 Å². The van der Waals surface area contributed by atoms with Crippen molar-refractivity contribution in [2.75, 3.05) is 18.0 Å². The van der Waals surface area contributed by atoms with Gasteiger partial charge >= 0.3 is 0 Å². The maximum absolute atomic E-state index is 11.1. The topological polar surface area (TPSA) is 55.6 Å². The van der Waals surface area contributed by atoms with E-state index in [2.05, 4.69) is 17.0 Å². The minimum Gasteiger partial charge on any atom is -0.372 e. The SMILES string of the molecule is NC(=O)c1ccc(N2CC[C@@H](OCc3ccccc3)C2)cc1. The first-order chi connectivity index (χ1) is 10.7. The first-order valence-corrected chi connectivity index (χ1v) is 7.53. The number of hydrogen-bond acceptors (Lipinski definition) is 3. The minimum absolute atomic E-state index is 0.246. The van der Waals surface area contributed by atoms with E-state index < -0.39 is 5.91 Å². The summed E-state index contributed by atoms with van der Waals surface area (Å²) in [7, 11) is 0. The zero-order chi connectivity index (χ0) is 15.4. The van der Waals surface area contributed by atoms with Crippen molar-refractivity contribution in [3.8, 4) is 0 Å². The molecule has 2 aromatic rings. The second-order valence-electron chi connectivity index (χ2n) is 5.56. The second-order valence-corrected chi connectivity index (χ2v) is 5.56. The molecule has 1 heterocycles. The average Bonchev–Trinajstić information content (AvgIpc) is 3.03. The molecule has 1 aliphatic rings. The summed E-state index contributed by atoms with van der Waals surface area (Å²) in [5, 5.41) is 0. The minimum atomic E-state index is -0.392. The maximum Gasteiger partial charge on any atom is 0.248 e. The summed E-state index contributed by atoms with van der Waals surface area (Å²) in [6.07, 6.45) is 1.26. The molecule has 0 aromatic heterocycles. The molecule has 22 heavy (non-hydrogen) atoms. The molecule has 4 heteroatoms. The normalized spacial score (nSPS) is 17.6. The van der Waals surface area contributed by atoms with Crippen molar-refractivity contribution in [3.63, 3.8) is 0 Å². The monoisotopic (exact) mass is 296 g/mol. The number of anilines is 1. The summed E-state index contributed by atoms with van der Waals surface area (Å²) in [4.78, 5) is 13.4. The average molecular weight is 296 g/mol. The van der Waals surface area contributed by atoms with Crippen LogP contribution in [0.15, 0.2) is 54.6 Å². The van der Waals surface area contributed by atoms with E-state index in [1.54, 1.807) is 12.1 Å². The number of benzene rings is 2. The number of amides is 1. The summed E-state index contributed by atoms with van der Waals surface area (Å²) in [5.41, 5.74) is 8.11. The summed E-state index contributed by atoms with van der Waals surface area (Å²) < 4.78 is 5.99. The Balaban J connectivity index is 1.54. The Bertz CT molecular complexity index is 625. The molecule has 1 atom stereocenters. The molecule has 0 unspecified atom stereocenters. The quantitative estimate of drug-likeness (QED) is 0.922. The predicted molar refractivity (Wildman–Crippen MR) is 86.8 cm³/mol. The Kier molecular flexibility index (Phi) is 4.39. The van der Waals surface area contributed by atoms with Gasteiger partial charge in [-0.2, -0.15) is 0 Å². The van der Waals surface area contributed by atoms with Crippen molar-refractivity contribution in [2.24, 2.45) is 5.73 Å². The fourth-order valence-electron chi connectivity index (χ4n) is 2.72. The zero-order valence-electron chi connectivity index (χ0n) is 12.4. The number of hydrogen-bond donors (Lipinski definition) is 1. The third-order valence-electron chi connectivity index (χ3n) is 3.99. The fourth-order valence-corrected chi connectivity index (χ4v) is 2.72. The van der Waals surface area contributed by atoms with E-state index in [4.69, 9.17) is 10.5 Å².